The van der Waals surface area contributed by atoms with Gasteiger partial charge in [-0.2, -0.15) is 0 Å². The lowest BCUT2D eigenvalue weighted by atomic mass is 10.1. The van der Waals surface area contributed by atoms with E-state index in [1.165, 1.54) is 0 Å². The molecule has 0 aliphatic carbocycles. The number of esters is 1. The SMILES string of the molecule is Cc1ccc(C(=O)CCC(=O)OCc2cc3c(cc2Br)OCO3)cc1. The first kappa shape index (κ1) is 17.5. The van der Waals surface area contributed by atoms with Crippen LogP contribution in [0, 0.1) is 6.92 Å². The van der Waals surface area contributed by atoms with E-state index in [0.29, 0.717) is 17.1 Å². The van der Waals surface area contributed by atoms with E-state index in [2.05, 4.69) is 15.9 Å². The predicted molar refractivity (Wildman–Crippen MR) is 94.8 cm³/mol. The zero-order valence-corrected chi connectivity index (χ0v) is 15.3. The molecule has 0 saturated carbocycles. The second kappa shape index (κ2) is 7.70. The number of ether oxygens (including phenoxy) is 3. The van der Waals surface area contributed by atoms with Gasteiger partial charge in [-0.05, 0) is 19.1 Å². The van der Waals surface area contributed by atoms with Crippen molar-refractivity contribution in [3.05, 3.63) is 57.6 Å². The number of Topliss-reactive ketones (excluding diaryl/α,β-unsaturated/α-hetero) is 1. The van der Waals surface area contributed by atoms with Crippen molar-refractivity contribution >= 4 is 27.7 Å². The van der Waals surface area contributed by atoms with Crippen LogP contribution in [0.5, 0.6) is 11.5 Å². The summed E-state index contributed by atoms with van der Waals surface area (Å²) in [7, 11) is 0. The topological polar surface area (TPSA) is 61.8 Å². The number of ketones is 1. The van der Waals surface area contributed by atoms with Gasteiger partial charge in [0, 0.05) is 22.0 Å². The molecule has 2 aromatic carbocycles. The van der Waals surface area contributed by atoms with Crippen LogP contribution >= 0.6 is 15.9 Å². The summed E-state index contributed by atoms with van der Waals surface area (Å²) in [6.45, 7) is 2.25. The monoisotopic (exact) mass is 404 g/mol. The molecule has 25 heavy (non-hydrogen) atoms. The molecule has 0 amide bonds. The van der Waals surface area contributed by atoms with Crippen molar-refractivity contribution in [2.75, 3.05) is 6.79 Å². The highest BCUT2D eigenvalue weighted by molar-refractivity contribution is 9.10. The highest BCUT2D eigenvalue weighted by atomic mass is 79.9. The summed E-state index contributed by atoms with van der Waals surface area (Å²) < 4.78 is 16.6. The van der Waals surface area contributed by atoms with Crippen molar-refractivity contribution in [3.8, 4) is 11.5 Å². The van der Waals surface area contributed by atoms with E-state index in [1.807, 2.05) is 19.1 Å². The van der Waals surface area contributed by atoms with Crippen LogP contribution in [0.2, 0.25) is 0 Å². The molecule has 0 spiro atoms. The molecule has 2 aromatic rings. The Morgan fingerprint density at radius 2 is 1.76 bits per heavy atom. The second-order valence-corrected chi connectivity index (χ2v) is 6.60. The highest BCUT2D eigenvalue weighted by Gasteiger charge is 2.17. The lowest BCUT2D eigenvalue weighted by Gasteiger charge is -2.08. The number of carbonyl (C=O) groups excluding carboxylic acids is 2. The van der Waals surface area contributed by atoms with Gasteiger partial charge in [0.1, 0.15) is 6.61 Å². The molecule has 1 aliphatic heterocycles. The molecular formula is C19H17BrO5. The van der Waals surface area contributed by atoms with Crippen LogP contribution in [0.25, 0.3) is 0 Å². The van der Waals surface area contributed by atoms with Crippen LogP contribution in [0.3, 0.4) is 0 Å². The fraction of sp³-hybridized carbons (Fsp3) is 0.263. The summed E-state index contributed by atoms with van der Waals surface area (Å²) >= 11 is 3.42. The Kier molecular flexibility index (Phi) is 5.38. The average Bonchev–Trinajstić information content (AvgIpc) is 3.05. The maximum atomic E-state index is 12.1. The van der Waals surface area contributed by atoms with Crippen molar-refractivity contribution in [1.29, 1.82) is 0 Å². The number of hydrogen-bond donors (Lipinski definition) is 0. The van der Waals surface area contributed by atoms with E-state index in [-0.39, 0.29) is 32.0 Å². The van der Waals surface area contributed by atoms with Crippen molar-refractivity contribution in [2.45, 2.75) is 26.4 Å². The smallest absolute Gasteiger partial charge is 0.306 e. The van der Waals surface area contributed by atoms with Crippen LogP contribution in [-0.4, -0.2) is 18.5 Å². The number of benzene rings is 2. The first-order chi connectivity index (χ1) is 12.0. The molecule has 1 aliphatic rings. The van der Waals surface area contributed by atoms with Crippen molar-refractivity contribution in [3.63, 3.8) is 0 Å². The molecule has 0 radical (unpaired) electrons. The van der Waals surface area contributed by atoms with Crippen LogP contribution in [-0.2, 0) is 16.1 Å². The quantitative estimate of drug-likeness (QED) is 0.533. The minimum atomic E-state index is -0.412. The predicted octanol–water partition coefficient (Wildman–Crippen LogP) is 4.19. The summed E-state index contributed by atoms with van der Waals surface area (Å²) in [5, 5.41) is 0. The molecular weight excluding hydrogens is 388 g/mol. The fourth-order valence-electron chi connectivity index (χ4n) is 2.40. The molecule has 0 saturated heterocycles. The minimum absolute atomic E-state index is 0.0505. The van der Waals surface area contributed by atoms with E-state index >= 15 is 0 Å². The Morgan fingerprint density at radius 1 is 1.08 bits per heavy atom. The molecule has 0 bridgehead atoms. The Morgan fingerprint density at radius 3 is 2.48 bits per heavy atom. The average molecular weight is 405 g/mol. The van der Waals surface area contributed by atoms with Gasteiger partial charge in [0.05, 0.1) is 6.42 Å². The van der Waals surface area contributed by atoms with E-state index in [1.54, 1.807) is 24.3 Å². The Labute approximate surface area is 154 Å². The third-order valence-corrected chi connectivity index (χ3v) is 4.60. The normalized spacial score (nSPS) is 12.1. The number of halogens is 1. The maximum absolute atomic E-state index is 12.1. The fourth-order valence-corrected chi connectivity index (χ4v) is 2.84. The van der Waals surface area contributed by atoms with Crippen LogP contribution in [0.4, 0.5) is 0 Å². The third-order valence-electron chi connectivity index (χ3n) is 3.86. The first-order valence-corrected chi connectivity index (χ1v) is 8.66. The standard InChI is InChI=1S/C19H17BrO5/c1-12-2-4-13(5-3-12)16(21)6-7-19(22)23-10-14-8-17-18(9-15(14)20)25-11-24-17/h2-5,8-9H,6-7,10-11H2,1H3. The Hall–Kier alpha value is -2.34. The number of aryl methyl sites for hydroxylation is 1. The Balaban J connectivity index is 1.50. The maximum Gasteiger partial charge on any atom is 0.306 e. The molecule has 1 heterocycles. The number of rotatable bonds is 6. The van der Waals surface area contributed by atoms with Gasteiger partial charge in [-0.25, -0.2) is 0 Å². The zero-order valence-electron chi connectivity index (χ0n) is 13.7. The molecule has 130 valence electrons. The molecule has 0 aromatic heterocycles. The second-order valence-electron chi connectivity index (χ2n) is 5.75. The zero-order chi connectivity index (χ0) is 17.8. The van der Waals surface area contributed by atoms with Crippen LogP contribution in [0.15, 0.2) is 40.9 Å². The largest absolute Gasteiger partial charge is 0.461 e. The lowest BCUT2D eigenvalue weighted by molar-refractivity contribution is -0.144. The molecule has 0 unspecified atom stereocenters. The lowest BCUT2D eigenvalue weighted by Crippen LogP contribution is -2.08. The summed E-state index contributed by atoms with van der Waals surface area (Å²) in [6.07, 6.45) is 0.180. The first-order valence-electron chi connectivity index (χ1n) is 7.86. The summed E-state index contributed by atoms with van der Waals surface area (Å²) in [5.74, 6) is 0.806. The van der Waals surface area contributed by atoms with E-state index in [4.69, 9.17) is 14.2 Å². The van der Waals surface area contributed by atoms with E-state index < -0.39 is 5.97 Å². The van der Waals surface area contributed by atoms with E-state index in [9.17, 15) is 9.59 Å². The van der Waals surface area contributed by atoms with E-state index in [0.717, 1.165) is 15.6 Å². The summed E-state index contributed by atoms with van der Waals surface area (Å²) in [5.41, 5.74) is 2.48. The molecule has 0 fully saturated rings. The van der Waals surface area contributed by atoms with Crippen molar-refractivity contribution in [2.24, 2.45) is 0 Å². The molecule has 5 nitrogen and oxygen atoms in total. The number of hydrogen-bond acceptors (Lipinski definition) is 5. The highest BCUT2D eigenvalue weighted by Crippen LogP contribution is 2.37. The summed E-state index contributed by atoms with van der Waals surface area (Å²) in [6, 6.07) is 10.9. The van der Waals surface area contributed by atoms with Gasteiger partial charge in [0.2, 0.25) is 6.79 Å². The van der Waals surface area contributed by atoms with Crippen molar-refractivity contribution < 1.29 is 23.8 Å². The minimum Gasteiger partial charge on any atom is -0.461 e. The van der Waals surface area contributed by atoms with Crippen LogP contribution < -0.4 is 9.47 Å². The van der Waals surface area contributed by atoms with Crippen molar-refractivity contribution in [1.82, 2.24) is 0 Å². The van der Waals surface area contributed by atoms with Gasteiger partial charge < -0.3 is 14.2 Å². The van der Waals surface area contributed by atoms with Gasteiger partial charge in [-0.1, -0.05) is 45.8 Å². The molecule has 0 N–H and O–H groups in total. The van der Waals surface area contributed by atoms with Gasteiger partial charge in [-0.15, -0.1) is 0 Å². The van der Waals surface area contributed by atoms with Gasteiger partial charge in [0.25, 0.3) is 0 Å². The van der Waals surface area contributed by atoms with Gasteiger partial charge >= 0.3 is 5.97 Å². The molecule has 0 atom stereocenters. The summed E-state index contributed by atoms with van der Waals surface area (Å²) in [4.78, 5) is 24.0. The number of carbonyl (C=O) groups is 2. The van der Waals surface area contributed by atoms with Gasteiger partial charge in [0.15, 0.2) is 17.3 Å². The molecule has 3 rings (SSSR count). The van der Waals surface area contributed by atoms with Gasteiger partial charge in [-0.3, -0.25) is 9.59 Å². The Bertz CT molecular complexity index is 798. The molecule has 6 heteroatoms. The third kappa shape index (κ3) is 4.39. The van der Waals surface area contributed by atoms with Crippen LogP contribution in [0.1, 0.15) is 34.3 Å². The number of fused-ring (bicyclic) bond motifs is 1.